The van der Waals surface area contributed by atoms with Crippen LogP contribution >= 0.6 is 0 Å². The summed E-state index contributed by atoms with van der Waals surface area (Å²) in [5.41, 5.74) is 2.26. The Morgan fingerprint density at radius 1 is 0.973 bits per heavy atom. The quantitative estimate of drug-likeness (QED) is 0.521. The number of piperidine rings is 1. The van der Waals surface area contributed by atoms with Crippen LogP contribution in [0.1, 0.15) is 47.4 Å². The van der Waals surface area contributed by atoms with Gasteiger partial charge in [-0.1, -0.05) is 42.5 Å². The zero-order valence-electron chi connectivity index (χ0n) is 20.8. The van der Waals surface area contributed by atoms with Gasteiger partial charge in [0.25, 0.3) is 5.91 Å². The number of carbonyl (C=O) groups is 3. The smallest absolute Gasteiger partial charge is 0.303 e. The number of pyridine rings is 1. The van der Waals surface area contributed by atoms with Crippen molar-refractivity contribution in [1.82, 2.24) is 10.3 Å². The second-order valence-corrected chi connectivity index (χ2v) is 9.45. The summed E-state index contributed by atoms with van der Waals surface area (Å²) in [5, 5.41) is 3.04. The highest BCUT2D eigenvalue weighted by atomic mass is 16.5. The highest BCUT2D eigenvalue weighted by Crippen LogP contribution is 2.39. The van der Waals surface area contributed by atoms with Crippen LogP contribution in [0.25, 0.3) is 0 Å². The number of benzene rings is 2. The highest BCUT2D eigenvalue weighted by molar-refractivity contribution is 6.11. The van der Waals surface area contributed by atoms with Crippen LogP contribution in [0.15, 0.2) is 72.9 Å². The normalized spacial score (nSPS) is 17.4. The minimum Gasteiger partial charge on any atom is -0.453 e. The first-order chi connectivity index (χ1) is 18.0. The Morgan fingerprint density at radius 3 is 2.41 bits per heavy atom. The topological polar surface area (TPSA) is 91.8 Å². The lowest BCUT2D eigenvalue weighted by Crippen LogP contribution is -2.44. The number of aromatic nitrogens is 1. The van der Waals surface area contributed by atoms with Crippen LogP contribution in [0.2, 0.25) is 0 Å². The number of fused-ring (bicyclic) bond motifs is 2. The van der Waals surface area contributed by atoms with Gasteiger partial charge in [-0.2, -0.15) is 0 Å². The molecule has 0 spiro atoms. The van der Waals surface area contributed by atoms with Crippen LogP contribution in [-0.4, -0.2) is 48.9 Å². The Bertz CT molecular complexity index is 1290. The summed E-state index contributed by atoms with van der Waals surface area (Å²) in [6, 6.07) is 20.3. The molecule has 2 aliphatic heterocycles. The number of anilines is 2. The van der Waals surface area contributed by atoms with Gasteiger partial charge >= 0.3 is 5.97 Å². The first-order valence-electron chi connectivity index (χ1n) is 12.6. The van der Waals surface area contributed by atoms with Gasteiger partial charge < -0.3 is 15.0 Å². The summed E-state index contributed by atoms with van der Waals surface area (Å²) in [6.07, 6.45) is 2.99. The number of amides is 2. The van der Waals surface area contributed by atoms with Crippen molar-refractivity contribution < 1.29 is 19.1 Å². The molecule has 0 bridgehead atoms. The molecule has 2 aliphatic rings. The molecule has 2 aromatic carbocycles. The summed E-state index contributed by atoms with van der Waals surface area (Å²) in [5.74, 6) is 0.387. The molecule has 1 unspecified atom stereocenters. The fraction of sp³-hybridized carbons (Fsp3) is 0.310. The van der Waals surface area contributed by atoms with Crippen molar-refractivity contribution >= 4 is 29.3 Å². The van der Waals surface area contributed by atoms with Gasteiger partial charge in [0.15, 0.2) is 6.10 Å². The number of para-hydroxylation sites is 1. The number of esters is 1. The van der Waals surface area contributed by atoms with Crippen LogP contribution < -0.4 is 15.1 Å². The van der Waals surface area contributed by atoms with E-state index in [1.807, 2.05) is 42.5 Å². The molecule has 1 fully saturated rings. The molecule has 2 amide bonds. The van der Waals surface area contributed by atoms with Crippen LogP contribution in [0.4, 0.5) is 11.5 Å². The summed E-state index contributed by atoms with van der Waals surface area (Å²) in [6.45, 7) is 3.58. The molecule has 0 radical (unpaired) electrons. The lowest BCUT2D eigenvalue weighted by molar-refractivity contribution is -0.144. The molecule has 0 saturated carbocycles. The minimum absolute atomic E-state index is 0.121. The van der Waals surface area contributed by atoms with Gasteiger partial charge in [-0.25, -0.2) is 4.98 Å². The van der Waals surface area contributed by atoms with Crippen LogP contribution in [0, 0.1) is 5.92 Å². The van der Waals surface area contributed by atoms with E-state index in [1.165, 1.54) is 11.8 Å². The molecule has 1 saturated heterocycles. The van der Waals surface area contributed by atoms with E-state index in [2.05, 4.69) is 15.2 Å². The zero-order valence-corrected chi connectivity index (χ0v) is 20.8. The maximum absolute atomic E-state index is 13.6. The van der Waals surface area contributed by atoms with Gasteiger partial charge in [-0.15, -0.1) is 0 Å². The van der Waals surface area contributed by atoms with Crippen molar-refractivity contribution in [2.24, 2.45) is 5.92 Å². The highest BCUT2D eigenvalue weighted by Gasteiger charge is 2.34. The molecule has 8 heteroatoms. The lowest BCUT2D eigenvalue weighted by Gasteiger charge is -2.33. The predicted molar refractivity (Wildman–Crippen MR) is 140 cm³/mol. The molecule has 8 nitrogen and oxygen atoms in total. The Hall–Kier alpha value is -4.20. The van der Waals surface area contributed by atoms with Crippen molar-refractivity contribution in [2.75, 3.05) is 36.0 Å². The van der Waals surface area contributed by atoms with E-state index < -0.39 is 12.1 Å². The number of rotatable bonds is 6. The SMILES string of the molecule is CC(=O)OC1c2ccccc2C(=O)N(CC(=O)NCC2CCN(c3ccccn3)CC2)c2ccccc21. The van der Waals surface area contributed by atoms with Crippen molar-refractivity contribution in [3.63, 3.8) is 0 Å². The van der Waals surface area contributed by atoms with Crippen LogP contribution in [0.3, 0.4) is 0 Å². The molecule has 190 valence electrons. The molecule has 0 aliphatic carbocycles. The van der Waals surface area contributed by atoms with E-state index in [0.29, 0.717) is 34.8 Å². The van der Waals surface area contributed by atoms with Crippen molar-refractivity contribution in [3.8, 4) is 0 Å². The summed E-state index contributed by atoms with van der Waals surface area (Å²) < 4.78 is 5.67. The molecule has 1 N–H and O–H groups in total. The Kier molecular flexibility index (Phi) is 7.16. The Balaban J connectivity index is 1.28. The zero-order chi connectivity index (χ0) is 25.8. The fourth-order valence-electron chi connectivity index (χ4n) is 5.11. The third-order valence-electron chi connectivity index (χ3n) is 6.99. The average molecular weight is 499 g/mol. The number of carbonyl (C=O) groups excluding carboxylic acids is 3. The van der Waals surface area contributed by atoms with Gasteiger partial charge in [-0.05, 0) is 43.0 Å². The van der Waals surface area contributed by atoms with Crippen LogP contribution in [0.5, 0.6) is 0 Å². The average Bonchev–Trinajstić information content (AvgIpc) is 3.02. The first-order valence-corrected chi connectivity index (χ1v) is 12.6. The molecule has 37 heavy (non-hydrogen) atoms. The number of ether oxygens (including phenoxy) is 1. The molecule has 5 rings (SSSR count). The Labute approximate surface area is 216 Å². The summed E-state index contributed by atoms with van der Waals surface area (Å²) in [7, 11) is 0. The van der Waals surface area contributed by atoms with Gasteiger partial charge in [0.1, 0.15) is 12.4 Å². The maximum atomic E-state index is 13.6. The minimum atomic E-state index is -0.730. The van der Waals surface area contributed by atoms with Gasteiger partial charge in [0.05, 0.1) is 5.69 Å². The fourth-order valence-corrected chi connectivity index (χ4v) is 5.11. The molecule has 1 aromatic heterocycles. The largest absolute Gasteiger partial charge is 0.453 e. The van der Waals surface area contributed by atoms with Crippen LogP contribution in [-0.2, 0) is 14.3 Å². The third-order valence-corrected chi connectivity index (χ3v) is 6.99. The van der Waals surface area contributed by atoms with E-state index in [0.717, 1.165) is 31.7 Å². The molecular formula is C29H30N4O4. The van der Waals surface area contributed by atoms with E-state index in [-0.39, 0.29) is 18.4 Å². The summed E-state index contributed by atoms with van der Waals surface area (Å²) >= 11 is 0. The third kappa shape index (κ3) is 5.33. The predicted octanol–water partition coefficient (Wildman–Crippen LogP) is 3.73. The first kappa shape index (κ1) is 24.5. The lowest BCUT2D eigenvalue weighted by atomic mass is 9.97. The van der Waals surface area contributed by atoms with Crippen molar-refractivity contribution in [2.45, 2.75) is 25.9 Å². The molecule has 3 aromatic rings. The number of hydrogen-bond acceptors (Lipinski definition) is 6. The van der Waals surface area contributed by atoms with Gasteiger partial charge in [-0.3, -0.25) is 19.3 Å². The van der Waals surface area contributed by atoms with E-state index in [9.17, 15) is 14.4 Å². The summed E-state index contributed by atoms with van der Waals surface area (Å²) in [4.78, 5) is 46.8. The standard InChI is InChI=1S/C29H30N4O4/c1-20(34)37-28-22-8-2-3-9-23(22)29(36)33(25-11-5-4-10-24(25)28)19-27(35)31-18-21-13-16-32(17-14-21)26-12-6-7-15-30-26/h2-12,15,21,28H,13-14,16-19H2,1H3,(H,31,35). The Morgan fingerprint density at radius 2 is 1.68 bits per heavy atom. The number of nitrogens with zero attached hydrogens (tertiary/aromatic N) is 3. The number of nitrogens with one attached hydrogen (secondary N) is 1. The molecule has 3 heterocycles. The van der Waals surface area contributed by atoms with Crippen molar-refractivity contribution in [1.29, 1.82) is 0 Å². The van der Waals surface area contributed by atoms with Gasteiger partial charge in [0, 0.05) is 49.4 Å². The van der Waals surface area contributed by atoms with E-state index in [1.54, 1.807) is 30.5 Å². The molecular weight excluding hydrogens is 468 g/mol. The molecule has 1 atom stereocenters. The van der Waals surface area contributed by atoms with Crippen molar-refractivity contribution in [3.05, 3.63) is 89.6 Å². The van der Waals surface area contributed by atoms with E-state index in [4.69, 9.17) is 4.74 Å². The number of hydrogen-bond donors (Lipinski definition) is 1. The van der Waals surface area contributed by atoms with E-state index >= 15 is 0 Å². The second kappa shape index (κ2) is 10.8. The second-order valence-electron chi connectivity index (χ2n) is 9.45. The van der Waals surface area contributed by atoms with Gasteiger partial charge in [0.2, 0.25) is 5.91 Å². The monoisotopic (exact) mass is 498 g/mol. The maximum Gasteiger partial charge on any atom is 0.303 e.